The second-order valence-electron chi connectivity index (χ2n) is 5.91. The number of aliphatic carboxylic acids is 1. The molecule has 1 aromatic rings. The van der Waals surface area contributed by atoms with Crippen molar-refractivity contribution in [2.45, 2.75) is 33.6 Å². The first kappa shape index (κ1) is 15.7. The summed E-state index contributed by atoms with van der Waals surface area (Å²) in [5.74, 6) is -1.52. The molecule has 0 aliphatic heterocycles. The third-order valence-electron chi connectivity index (χ3n) is 2.70. The topological polar surface area (TPSA) is 66.4 Å². The molecular weight excluding hydrogens is 262 g/mol. The van der Waals surface area contributed by atoms with E-state index >= 15 is 0 Å². The van der Waals surface area contributed by atoms with Crippen LogP contribution in [0.1, 0.15) is 32.8 Å². The predicted molar refractivity (Wildman–Crippen MR) is 76.2 cm³/mol. The maximum atomic E-state index is 11.7. The monoisotopic (exact) mass is 283 g/mol. The number of thiophene rings is 1. The lowest BCUT2D eigenvalue weighted by Crippen LogP contribution is -2.35. The molecule has 0 aromatic carbocycles. The molecule has 1 rings (SSSR count). The minimum atomic E-state index is -0.856. The van der Waals surface area contributed by atoms with Crippen LogP contribution in [-0.4, -0.2) is 23.5 Å². The first-order valence-corrected chi connectivity index (χ1v) is 7.23. The van der Waals surface area contributed by atoms with Gasteiger partial charge < -0.3 is 10.4 Å². The molecule has 0 aliphatic carbocycles. The lowest BCUT2D eigenvalue weighted by atomic mass is 9.84. The highest BCUT2D eigenvalue weighted by atomic mass is 32.1. The van der Waals surface area contributed by atoms with Gasteiger partial charge in [0.2, 0.25) is 5.91 Å². The van der Waals surface area contributed by atoms with Gasteiger partial charge in [0.25, 0.3) is 0 Å². The standard InChI is InChI=1S/C14H21NO3S/c1-14(2,3)7-11(13(17)18)8-15-12(16)6-10-4-5-19-9-10/h4-5,9,11H,6-8H2,1-3H3,(H,15,16)(H,17,18). The molecule has 19 heavy (non-hydrogen) atoms. The van der Waals surface area contributed by atoms with Gasteiger partial charge in [-0.3, -0.25) is 9.59 Å². The Morgan fingerprint density at radius 1 is 1.42 bits per heavy atom. The molecule has 4 nitrogen and oxygen atoms in total. The van der Waals surface area contributed by atoms with Crippen LogP contribution in [0.5, 0.6) is 0 Å². The van der Waals surface area contributed by atoms with Crippen molar-refractivity contribution < 1.29 is 14.7 Å². The van der Waals surface area contributed by atoms with Gasteiger partial charge in [0, 0.05) is 6.54 Å². The number of amides is 1. The summed E-state index contributed by atoms with van der Waals surface area (Å²) in [5, 5.41) is 15.7. The molecule has 1 unspecified atom stereocenters. The summed E-state index contributed by atoms with van der Waals surface area (Å²) >= 11 is 1.54. The number of carbonyl (C=O) groups excluding carboxylic acids is 1. The van der Waals surface area contributed by atoms with Gasteiger partial charge in [-0.2, -0.15) is 11.3 Å². The van der Waals surface area contributed by atoms with Crippen LogP contribution in [0.2, 0.25) is 0 Å². The fraction of sp³-hybridized carbons (Fsp3) is 0.571. The van der Waals surface area contributed by atoms with Gasteiger partial charge in [-0.15, -0.1) is 0 Å². The van der Waals surface area contributed by atoms with Gasteiger partial charge >= 0.3 is 5.97 Å². The van der Waals surface area contributed by atoms with Gasteiger partial charge in [0.05, 0.1) is 12.3 Å². The summed E-state index contributed by atoms with van der Waals surface area (Å²) in [6.07, 6.45) is 0.854. The average Bonchev–Trinajstić information content (AvgIpc) is 2.75. The van der Waals surface area contributed by atoms with Crippen LogP contribution in [0.15, 0.2) is 16.8 Å². The molecule has 0 aliphatic rings. The van der Waals surface area contributed by atoms with Crippen molar-refractivity contribution in [3.63, 3.8) is 0 Å². The third-order valence-corrected chi connectivity index (χ3v) is 3.43. The Morgan fingerprint density at radius 2 is 2.11 bits per heavy atom. The normalized spacial score (nSPS) is 13.0. The SMILES string of the molecule is CC(C)(C)CC(CNC(=O)Cc1ccsc1)C(=O)O. The lowest BCUT2D eigenvalue weighted by molar-refractivity contribution is -0.142. The van der Waals surface area contributed by atoms with Crippen LogP contribution in [0.25, 0.3) is 0 Å². The van der Waals surface area contributed by atoms with Crippen molar-refractivity contribution >= 4 is 23.2 Å². The Morgan fingerprint density at radius 3 is 2.58 bits per heavy atom. The molecule has 0 saturated carbocycles. The molecule has 0 saturated heterocycles. The molecule has 0 radical (unpaired) electrons. The summed E-state index contributed by atoms with van der Waals surface area (Å²) in [7, 11) is 0. The summed E-state index contributed by atoms with van der Waals surface area (Å²) in [6.45, 7) is 6.18. The van der Waals surface area contributed by atoms with Gasteiger partial charge in [-0.25, -0.2) is 0 Å². The molecular formula is C14H21NO3S. The highest BCUT2D eigenvalue weighted by molar-refractivity contribution is 7.07. The van der Waals surface area contributed by atoms with E-state index in [0.717, 1.165) is 5.56 Å². The van der Waals surface area contributed by atoms with E-state index < -0.39 is 11.9 Å². The first-order valence-electron chi connectivity index (χ1n) is 6.28. The minimum Gasteiger partial charge on any atom is -0.481 e. The Labute approximate surface area is 117 Å². The summed E-state index contributed by atoms with van der Waals surface area (Å²) in [4.78, 5) is 22.9. The van der Waals surface area contributed by atoms with Crippen molar-refractivity contribution in [3.05, 3.63) is 22.4 Å². The van der Waals surface area contributed by atoms with E-state index in [2.05, 4.69) is 5.32 Å². The number of carboxylic acids is 1. The van der Waals surface area contributed by atoms with Crippen molar-refractivity contribution in [1.82, 2.24) is 5.32 Å². The Bertz CT molecular complexity index is 420. The number of hydrogen-bond acceptors (Lipinski definition) is 3. The van der Waals surface area contributed by atoms with E-state index in [-0.39, 0.29) is 17.9 Å². The Kier molecular flexibility index (Phi) is 5.54. The maximum absolute atomic E-state index is 11.7. The fourth-order valence-corrected chi connectivity index (χ4v) is 2.53. The number of nitrogens with one attached hydrogen (secondary N) is 1. The summed E-state index contributed by atoms with van der Waals surface area (Å²) < 4.78 is 0. The smallest absolute Gasteiger partial charge is 0.308 e. The second kappa shape index (κ2) is 6.70. The number of hydrogen-bond donors (Lipinski definition) is 2. The van der Waals surface area contributed by atoms with Crippen molar-refractivity contribution in [3.8, 4) is 0 Å². The van der Waals surface area contributed by atoms with Crippen molar-refractivity contribution in [1.29, 1.82) is 0 Å². The zero-order valence-corrected chi connectivity index (χ0v) is 12.4. The first-order chi connectivity index (χ1) is 8.78. The molecule has 5 heteroatoms. The van der Waals surface area contributed by atoms with E-state index in [1.54, 1.807) is 11.3 Å². The van der Waals surface area contributed by atoms with Crippen LogP contribution in [-0.2, 0) is 16.0 Å². The molecule has 106 valence electrons. The van der Waals surface area contributed by atoms with Gasteiger partial charge in [-0.05, 0) is 34.2 Å². The van der Waals surface area contributed by atoms with E-state index in [0.29, 0.717) is 12.8 Å². The van der Waals surface area contributed by atoms with E-state index in [9.17, 15) is 9.59 Å². The van der Waals surface area contributed by atoms with Gasteiger partial charge in [0.1, 0.15) is 0 Å². The molecule has 1 heterocycles. The number of rotatable bonds is 6. The summed E-state index contributed by atoms with van der Waals surface area (Å²) in [5.41, 5.74) is 0.895. The van der Waals surface area contributed by atoms with E-state index in [1.807, 2.05) is 37.6 Å². The fourth-order valence-electron chi connectivity index (χ4n) is 1.86. The number of carboxylic acid groups (broad SMARTS) is 1. The second-order valence-corrected chi connectivity index (χ2v) is 6.69. The van der Waals surface area contributed by atoms with Crippen LogP contribution in [0.4, 0.5) is 0 Å². The highest BCUT2D eigenvalue weighted by Crippen LogP contribution is 2.24. The Balaban J connectivity index is 2.43. The largest absolute Gasteiger partial charge is 0.481 e. The van der Waals surface area contributed by atoms with Gasteiger partial charge in [-0.1, -0.05) is 20.8 Å². The molecule has 0 bridgehead atoms. The molecule has 2 N–H and O–H groups in total. The summed E-state index contributed by atoms with van der Waals surface area (Å²) in [6, 6.07) is 1.90. The van der Waals surface area contributed by atoms with Crippen LogP contribution in [0.3, 0.4) is 0 Å². The minimum absolute atomic E-state index is 0.0683. The molecule has 1 aromatic heterocycles. The quantitative estimate of drug-likeness (QED) is 0.843. The average molecular weight is 283 g/mol. The van der Waals surface area contributed by atoms with Crippen LogP contribution >= 0.6 is 11.3 Å². The molecule has 1 amide bonds. The number of carbonyl (C=O) groups is 2. The van der Waals surface area contributed by atoms with Crippen LogP contribution in [0, 0.1) is 11.3 Å². The van der Waals surface area contributed by atoms with Crippen LogP contribution < -0.4 is 5.32 Å². The highest BCUT2D eigenvalue weighted by Gasteiger charge is 2.24. The lowest BCUT2D eigenvalue weighted by Gasteiger charge is -2.23. The van der Waals surface area contributed by atoms with Gasteiger partial charge in [0.15, 0.2) is 0 Å². The molecule has 0 fully saturated rings. The van der Waals surface area contributed by atoms with Crippen molar-refractivity contribution in [2.75, 3.05) is 6.54 Å². The van der Waals surface area contributed by atoms with Crippen molar-refractivity contribution in [2.24, 2.45) is 11.3 Å². The Hall–Kier alpha value is -1.36. The zero-order valence-electron chi connectivity index (χ0n) is 11.6. The molecule has 0 spiro atoms. The molecule has 1 atom stereocenters. The maximum Gasteiger partial charge on any atom is 0.308 e. The third kappa shape index (κ3) is 6.38. The van der Waals surface area contributed by atoms with E-state index in [4.69, 9.17) is 5.11 Å². The van der Waals surface area contributed by atoms with E-state index in [1.165, 1.54) is 0 Å². The zero-order chi connectivity index (χ0) is 14.5. The predicted octanol–water partition coefficient (Wildman–Crippen LogP) is 2.54.